The number of aromatic nitrogens is 1. The Morgan fingerprint density at radius 3 is 2.44 bits per heavy atom. The van der Waals surface area contributed by atoms with Crippen molar-refractivity contribution in [1.29, 1.82) is 0 Å². The van der Waals surface area contributed by atoms with Crippen molar-refractivity contribution in [3.8, 4) is 11.3 Å². The molecule has 0 amide bonds. The average molecular weight is 386 g/mol. The molecular formula is C20H13F3N2OS. The number of thiazole rings is 1. The highest BCUT2D eigenvalue weighted by Crippen LogP contribution is 2.23. The zero-order valence-electron chi connectivity index (χ0n) is 13.9. The van der Waals surface area contributed by atoms with Crippen LogP contribution in [0.1, 0.15) is 5.76 Å². The molecule has 0 fully saturated rings. The van der Waals surface area contributed by atoms with Gasteiger partial charge < -0.3 is 8.98 Å². The van der Waals surface area contributed by atoms with E-state index in [-0.39, 0.29) is 11.5 Å². The van der Waals surface area contributed by atoms with Gasteiger partial charge >= 0.3 is 0 Å². The minimum absolute atomic E-state index is 0.0390. The highest BCUT2D eigenvalue weighted by atomic mass is 32.1. The number of nitrogens with zero attached hydrogens (tertiary/aromatic N) is 2. The predicted molar refractivity (Wildman–Crippen MR) is 97.1 cm³/mol. The van der Waals surface area contributed by atoms with Gasteiger partial charge in [-0.15, -0.1) is 11.3 Å². The molecule has 2 aromatic carbocycles. The summed E-state index contributed by atoms with van der Waals surface area (Å²) >= 11 is 1.31. The maximum Gasteiger partial charge on any atom is 0.190 e. The van der Waals surface area contributed by atoms with Crippen LogP contribution in [-0.2, 0) is 6.54 Å². The molecule has 3 nitrogen and oxygen atoms in total. The molecule has 27 heavy (non-hydrogen) atoms. The zero-order chi connectivity index (χ0) is 18.8. The third-order valence-electron chi connectivity index (χ3n) is 3.96. The summed E-state index contributed by atoms with van der Waals surface area (Å²) in [6, 6.07) is 12.9. The predicted octanol–water partition coefficient (Wildman–Crippen LogP) is 5.51. The summed E-state index contributed by atoms with van der Waals surface area (Å²) in [6.07, 6.45) is 1.57. The Bertz CT molecular complexity index is 1130. The summed E-state index contributed by atoms with van der Waals surface area (Å²) in [7, 11) is 0. The minimum Gasteiger partial charge on any atom is -0.467 e. The van der Waals surface area contributed by atoms with E-state index >= 15 is 0 Å². The molecule has 0 saturated carbocycles. The summed E-state index contributed by atoms with van der Waals surface area (Å²) in [4.78, 5) is 4.86. The molecule has 0 aliphatic rings. The van der Waals surface area contributed by atoms with Gasteiger partial charge in [-0.05, 0) is 54.1 Å². The van der Waals surface area contributed by atoms with E-state index in [0.717, 1.165) is 23.4 Å². The lowest BCUT2D eigenvalue weighted by Gasteiger charge is -2.08. The molecule has 0 aliphatic heterocycles. The van der Waals surface area contributed by atoms with Crippen LogP contribution in [0.5, 0.6) is 0 Å². The third-order valence-corrected chi connectivity index (χ3v) is 4.82. The van der Waals surface area contributed by atoms with Crippen LogP contribution in [-0.4, -0.2) is 4.57 Å². The highest BCUT2D eigenvalue weighted by Gasteiger charge is 2.11. The second-order valence-corrected chi connectivity index (χ2v) is 6.62. The highest BCUT2D eigenvalue weighted by molar-refractivity contribution is 7.07. The van der Waals surface area contributed by atoms with E-state index in [4.69, 9.17) is 4.42 Å². The van der Waals surface area contributed by atoms with Gasteiger partial charge in [0.05, 0.1) is 18.5 Å². The maximum atomic E-state index is 14.0. The quantitative estimate of drug-likeness (QED) is 0.455. The molecule has 2 heterocycles. The summed E-state index contributed by atoms with van der Waals surface area (Å²) in [5.41, 5.74) is 1.62. The first kappa shape index (κ1) is 17.4. The summed E-state index contributed by atoms with van der Waals surface area (Å²) < 4.78 is 47.7. The van der Waals surface area contributed by atoms with E-state index in [9.17, 15) is 13.2 Å². The number of furan rings is 1. The molecule has 0 aliphatic carbocycles. The lowest BCUT2D eigenvalue weighted by atomic mass is 10.1. The largest absolute Gasteiger partial charge is 0.467 e. The fourth-order valence-corrected chi connectivity index (χ4v) is 3.58. The van der Waals surface area contributed by atoms with Gasteiger partial charge in [-0.3, -0.25) is 0 Å². The van der Waals surface area contributed by atoms with Gasteiger partial charge in [-0.1, -0.05) is 0 Å². The molecule has 0 N–H and O–H groups in total. The molecule has 7 heteroatoms. The van der Waals surface area contributed by atoms with E-state index < -0.39 is 11.6 Å². The molecule has 0 bridgehead atoms. The average Bonchev–Trinajstić information content (AvgIpc) is 3.29. The van der Waals surface area contributed by atoms with Crippen LogP contribution < -0.4 is 4.80 Å². The van der Waals surface area contributed by atoms with Crippen molar-refractivity contribution < 1.29 is 17.6 Å². The van der Waals surface area contributed by atoms with E-state index in [1.54, 1.807) is 24.5 Å². The molecule has 0 spiro atoms. The topological polar surface area (TPSA) is 30.4 Å². The Kier molecular flexibility index (Phi) is 4.68. The van der Waals surface area contributed by atoms with Gasteiger partial charge in [0, 0.05) is 11.4 Å². The lowest BCUT2D eigenvalue weighted by molar-refractivity contribution is 0.492. The molecule has 0 atom stereocenters. The van der Waals surface area contributed by atoms with Crippen LogP contribution in [0, 0.1) is 17.5 Å². The molecule has 0 unspecified atom stereocenters. The van der Waals surface area contributed by atoms with Gasteiger partial charge in [-0.25, -0.2) is 18.2 Å². The second-order valence-electron chi connectivity index (χ2n) is 5.78. The number of halogens is 3. The van der Waals surface area contributed by atoms with E-state index in [2.05, 4.69) is 4.99 Å². The summed E-state index contributed by atoms with van der Waals surface area (Å²) in [6.45, 7) is 0.366. The summed E-state index contributed by atoms with van der Waals surface area (Å²) in [5, 5.41) is 1.86. The zero-order valence-corrected chi connectivity index (χ0v) is 14.7. The molecule has 4 aromatic rings. The van der Waals surface area contributed by atoms with Gasteiger partial charge in [0.15, 0.2) is 10.6 Å². The Morgan fingerprint density at radius 2 is 1.74 bits per heavy atom. The number of benzene rings is 2. The Morgan fingerprint density at radius 1 is 0.963 bits per heavy atom. The molecule has 4 rings (SSSR count). The molecule has 2 aromatic heterocycles. The maximum absolute atomic E-state index is 14.0. The Balaban J connectivity index is 1.86. The first-order valence-electron chi connectivity index (χ1n) is 8.06. The third kappa shape index (κ3) is 3.73. The monoisotopic (exact) mass is 386 g/mol. The first-order chi connectivity index (χ1) is 13.1. The number of hydrogen-bond acceptors (Lipinski definition) is 3. The van der Waals surface area contributed by atoms with Gasteiger partial charge in [0.25, 0.3) is 0 Å². The number of rotatable bonds is 4. The van der Waals surface area contributed by atoms with E-state index in [1.165, 1.54) is 29.5 Å². The van der Waals surface area contributed by atoms with Crippen molar-refractivity contribution in [2.24, 2.45) is 4.99 Å². The standard InChI is InChI=1S/C20H13F3N2OS/c21-14-5-3-13(4-6-14)19-12-27-20(25(19)11-16-2-1-9-26-16)24-18-8-7-15(22)10-17(18)23/h1-10,12H,11H2. The second kappa shape index (κ2) is 7.28. The van der Waals surface area contributed by atoms with Crippen molar-refractivity contribution in [3.05, 3.63) is 94.3 Å². The van der Waals surface area contributed by atoms with E-state index in [1.807, 2.05) is 16.0 Å². The Labute approximate surface area is 156 Å². The fraction of sp³-hybridized carbons (Fsp3) is 0.0500. The molecule has 0 saturated heterocycles. The van der Waals surface area contributed by atoms with Crippen molar-refractivity contribution in [2.75, 3.05) is 0 Å². The van der Waals surface area contributed by atoms with Crippen LogP contribution in [0.15, 0.2) is 75.7 Å². The van der Waals surface area contributed by atoms with Crippen LogP contribution in [0.4, 0.5) is 18.9 Å². The molecular weight excluding hydrogens is 373 g/mol. The van der Waals surface area contributed by atoms with Gasteiger partial charge in [0.2, 0.25) is 0 Å². The molecule has 0 radical (unpaired) electrons. The van der Waals surface area contributed by atoms with E-state index in [0.29, 0.717) is 17.1 Å². The SMILES string of the molecule is Fc1ccc(-c2csc(=Nc3ccc(F)cc3F)n2Cc2ccco2)cc1. The summed E-state index contributed by atoms with van der Waals surface area (Å²) in [5.74, 6) is -1.04. The van der Waals surface area contributed by atoms with Gasteiger partial charge in [0.1, 0.15) is 23.1 Å². The van der Waals surface area contributed by atoms with Crippen LogP contribution in [0.25, 0.3) is 11.3 Å². The van der Waals surface area contributed by atoms with Crippen LogP contribution in [0.2, 0.25) is 0 Å². The van der Waals surface area contributed by atoms with Crippen molar-refractivity contribution >= 4 is 17.0 Å². The molecule has 136 valence electrons. The Hall–Kier alpha value is -3.06. The lowest BCUT2D eigenvalue weighted by Crippen LogP contribution is -2.16. The normalized spacial score (nSPS) is 11.9. The van der Waals surface area contributed by atoms with Crippen molar-refractivity contribution in [3.63, 3.8) is 0 Å². The van der Waals surface area contributed by atoms with Crippen LogP contribution >= 0.6 is 11.3 Å². The van der Waals surface area contributed by atoms with Crippen molar-refractivity contribution in [1.82, 2.24) is 4.57 Å². The first-order valence-corrected chi connectivity index (χ1v) is 8.94. The van der Waals surface area contributed by atoms with Crippen LogP contribution in [0.3, 0.4) is 0 Å². The number of hydrogen-bond donors (Lipinski definition) is 0. The minimum atomic E-state index is -0.740. The van der Waals surface area contributed by atoms with Crippen molar-refractivity contribution in [2.45, 2.75) is 6.54 Å². The smallest absolute Gasteiger partial charge is 0.190 e. The van der Waals surface area contributed by atoms with Gasteiger partial charge in [-0.2, -0.15) is 0 Å². The fourth-order valence-electron chi connectivity index (χ4n) is 2.66.